The van der Waals surface area contributed by atoms with Gasteiger partial charge in [-0.15, -0.1) is 0 Å². The minimum Gasteiger partial charge on any atom is -0.408 e. The number of benzene rings is 1. The standard InChI is InChI=1S/C14H12F3N3O4/c1-19-9-3-2-7(4-10(9)24-13(19)23)18-8-5-11(21)20(12(8)22)6-14(15,16)17/h2-4,8,18H,5-6H2,1H3/t8-/m0/s1. The second kappa shape index (κ2) is 5.39. The molecule has 3 rings (SSSR count). The molecule has 0 saturated carbocycles. The van der Waals surface area contributed by atoms with E-state index >= 15 is 0 Å². The number of fused-ring (bicyclic) bond motifs is 1. The Kier molecular flexibility index (Phi) is 3.61. The topological polar surface area (TPSA) is 84.6 Å². The number of alkyl halides is 3. The minimum absolute atomic E-state index is 0.193. The molecule has 0 spiro atoms. The predicted molar refractivity (Wildman–Crippen MR) is 76.3 cm³/mol. The van der Waals surface area contributed by atoms with Gasteiger partial charge in [0.2, 0.25) is 5.91 Å². The average Bonchev–Trinajstić information content (AvgIpc) is 2.89. The Balaban J connectivity index is 1.80. The fourth-order valence-electron chi connectivity index (χ4n) is 2.57. The van der Waals surface area contributed by atoms with Crippen molar-refractivity contribution in [3.8, 4) is 0 Å². The number of aromatic nitrogens is 1. The summed E-state index contributed by atoms with van der Waals surface area (Å²) < 4.78 is 43.5. The molecule has 1 atom stereocenters. The third kappa shape index (κ3) is 2.86. The zero-order valence-corrected chi connectivity index (χ0v) is 12.4. The zero-order valence-electron chi connectivity index (χ0n) is 12.4. The molecular weight excluding hydrogens is 331 g/mol. The van der Waals surface area contributed by atoms with Gasteiger partial charge in [0.25, 0.3) is 5.91 Å². The largest absolute Gasteiger partial charge is 0.419 e. The molecule has 2 amide bonds. The molecule has 0 aliphatic carbocycles. The van der Waals surface area contributed by atoms with Crippen LogP contribution in [-0.4, -0.2) is 40.0 Å². The van der Waals surface area contributed by atoms with Crippen LogP contribution < -0.4 is 11.1 Å². The Morgan fingerprint density at radius 3 is 2.67 bits per heavy atom. The monoisotopic (exact) mass is 343 g/mol. The van der Waals surface area contributed by atoms with E-state index in [9.17, 15) is 27.6 Å². The summed E-state index contributed by atoms with van der Waals surface area (Å²) in [6.07, 6.45) is -5.02. The van der Waals surface area contributed by atoms with Crippen LogP contribution in [0.1, 0.15) is 6.42 Å². The molecule has 1 aliphatic heterocycles. The smallest absolute Gasteiger partial charge is 0.408 e. The van der Waals surface area contributed by atoms with Gasteiger partial charge in [0.1, 0.15) is 12.6 Å². The summed E-state index contributed by atoms with van der Waals surface area (Å²) in [4.78, 5) is 35.2. The number of aryl methyl sites for hydroxylation is 1. The number of nitrogens with zero attached hydrogens (tertiary/aromatic N) is 2. The van der Waals surface area contributed by atoms with Gasteiger partial charge in [0.05, 0.1) is 11.9 Å². The number of hydrogen-bond donors (Lipinski definition) is 1. The highest BCUT2D eigenvalue weighted by Gasteiger charge is 2.44. The number of oxazole rings is 1. The molecule has 1 fully saturated rings. The van der Waals surface area contributed by atoms with Gasteiger partial charge >= 0.3 is 11.9 Å². The number of amides is 2. The number of likely N-dealkylation sites (tertiary alicyclic amines) is 1. The Labute approximate surface area is 132 Å². The third-order valence-electron chi connectivity index (χ3n) is 3.71. The summed E-state index contributed by atoms with van der Waals surface area (Å²) in [6, 6.07) is 3.47. The lowest BCUT2D eigenvalue weighted by molar-refractivity contribution is -0.165. The molecule has 1 aromatic heterocycles. The van der Waals surface area contributed by atoms with Gasteiger partial charge in [-0.25, -0.2) is 4.79 Å². The Morgan fingerprint density at radius 2 is 2.00 bits per heavy atom. The molecule has 2 heterocycles. The first-order valence-corrected chi connectivity index (χ1v) is 6.93. The predicted octanol–water partition coefficient (Wildman–Crippen LogP) is 1.23. The molecule has 0 radical (unpaired) electrons. The molecule has 1 aliphatic rings. The molecule has 0 unspecified atom stereocenters. The maximum Gasteiger partial charge on any atom is 0.419 e. The second-order valence-corrected chi connectivity index (χ2v) is 5.44. The Hall–Kier alpha value is -2.78. The van der Waals surface area contributed by atoms with Crippen molar-refractivity contribution in [1.82, 2.24) is 9.47 Å². The number of carbonyl (C=O) groups is 2. The number of hydrogen-bond acceptors (Lipinski definition) is 5. The van der Waals surface area contributed by atoms with Crippen LogP contribution in [0.2, 0.25) is 0 Å². The number of anilines is 1. The van der Waals surface area contributed by atoms with E-state index in [1.807, 2.05) is 0 Å². The van der Waals surface area contributed by atoms with Gasteiger partial charge in [0.15, 0.2) is 5.58 Å². The second-order valence-electron chi connectivity index (χ2n) is 5.44. The van der Waals surface area contributed by atoms with Crippen molar-refractivity contribution in [2.24, 2.45) is 7.05 Å². The average molecular weight is 343 g/mol. The van der Waals surface area contributed by atoms with Gasteiger partial charge in [-0.2, -0.15) is 13.2 Å². The van der Waals surface area contributed by atoms with E-state index in [2.05, 4.69) is 5.32 Å². The molecule has 2 aromatic rings. The fourth-order valence-corrected chi connectivity index (χ4v) is 2.57. The SMILES string of the molecule is Cn1c(=O)oc2cc(N[C@H]3CC(=O)N(CC(F)(F)F)C3=O)ccc21. The fraction of sp³-hybridized carbons (Fsp3) is 0.357. The van der Waals surface area contributed by atoms with E-state index in [-0.39, 0.29) is 16.9 Å². The van der Waals surface area contributed by atoms with Crippen molar-refractivity contribution in [1.29, 1.82) is 0 Å². The first kappa shape index (κ1) is 16.1. The van der Waals surface area contributed by atoms with E-state index in [0.29, 0.717) is 11.2 Å². The summed E-state index contributed by atoms with van der Waals surface area (Å²) >= 11 is 0. The van der Waals surface area contributed by atoms with E-state index in [4.69, 9.17) is 4.42 Å². The summed E-state index contributed by atoms with van der Waals surface area (Å²) in [7, 11) is 1.52. The number of imide groups is 1. The van der Waals surface area contributed by atoms with E-state index in [1.165, 1.54) is 17.7 Å². The molecule has 1 N–H and O–H groups in total. The molecule has 128 valence electrons. The lowest BCUT2D eigenvalue weighted by Crippen LogP contribution is -2.40. The quantitative estimate of drug-likeness (QED) is 0.848. The molecule has 1 aromatic carbocycles. The van der Waals surface area contributed by atoms with E-state index < -0.39 is 36.3 Å². The molecule has 0 bridgehead atoms. The number of carbonyl (C=O) groups excluding carboxylic acids is 2. The van der Waals surface area contributed by atoms with Crippen LogP contribution in [0.15, 0.2) is 27.4 Å². The number of rotatable bonds is 3. The van der Waals surface area contributed by atoms with Crippen LogP contribution in [0.4, 0.5) is 18.9 Å². The zero-order chi connectivity index (χ0) is 17.6. The van der Waals surface area contributed by atoms with E-state index in [0.717, 1.165) is 0 Å². The van der Waals surface area contributed by atoms with Crippen LogP contribution in [-0.2, 0) is 16.6 Å². The van der Waals surface area contributed by atoms with Gasteiger partial charge in [-0.05, 0) is 12.1 Å². The summed E-state index contributed by atoms with van der Waals surface area (Å²) in [5.74, 6) is -2.39. The van der Waals surface area contributed by atoms with Crippen LogP contribution in [0.25, 0.3) is 11.1 Å². The molecular formula is C14H12F3N3O4. The third-order valence-corrected chi connectivity index (χ3v) is 3.71. The van der Waals surface area contributed by atoms with Gasteiger partial charge in [0, 0.05) is 18.8 Å². The normalized spacial score (nSPS) is 18.7. The van der Waals surface area contributed by atoms with Gasteiger partial charge in [-0.1, -0.05) is 0 Å². The molecule has 7 nitrogen and oxygen atoms in total. The van der Waals surface area contributed by atoms with Crippen LogP contribution in [0, 0.1) is 0 Å². The van der Waals surface area contributed by atoms with Crippen molar-refractivity contribution in [2.75, 3.05) is 11.9 Å². The van der Waals surface area contributed by atoms with Crippen LogP contribution in [0.5, 0.6) is 0 Å². The van der Waals surface area contributed by atoms with Crippen molar-refractivity contribution < 1.29 is 27.2 Å². The van der Waals surface area contributed by atoms with Crippen molar-refractivity contribution in [2.45, 2.75) is 18.6 Å². The maximum absolute atomic E-state index is 12.4. The Morgan fingerprint density at radius 1 is 1.29 bits per heavy atom. The number of halogens is 3. The Bertz CT molecular complexity index is 883. The first-order valence-electron chi connectivity index (χ1n) is 6.93. The molecule has 10 heteroatoms. The summed E-state index contributed by atoms with van der Waals surface area (Å²) in [5.41, 5.74) is 1.14. The van der Waals surface area contributed by atoms with Crippen LogP contribution in [0.3, 0.4) is 0 Å². The van der Waals surface area contributed by atoms with Crippen molar-refractivity contribution in [3.05, 3.63) is 28.7 Å². The lowest BCUT2D eigenvalue weighted by Gasteiger charge is -2.17. The van der Waals surface area contributed by atoms with Gasteiger partial charge in [-0.3, -0.25) is 19.1 Å². The highest BCUT2D eigenvalue weighted by Crippen LogP contribution is 2.25. The van der Waals surface area contributed by atoms with Crippen LogP contribution >= 0.6 is 0 Å². The highest BCUT2D eigenvalue weighted by atomic mass is 19.4. The van der Waals surface area contributed by atoms with E-state index in [1.54, 1.807) is 12.1 Å². The summed E-state index contributed by atoms with van der Waals surface area (Å²) in [6.45, 7) is -1.60. The highest BCUT2D eigenvalue weighted by molar-refractivity contribution is 6.07. The van der Waals surface area contributed by atoms with Crippen molar-refractivity contribution in [3.63, 3.8) is 0 Å². The minimum atomic E-state index is -4.65. The molecule has 24 heavy (non-hydrogen) atoms. The molecule has 1 saturated heterocycles. The number of nitrogens with one attached hydrogen (secondary N) is 1. The maximum atomic E-state index is 12.4. The van der Waals surface area contributed by atoms with Gasteiger partial charge < -0.3 is 9.73 Å². The lowest BCUT2D eigenvalue weighted by atomic mass is 10.2. The first-order chi connectivity index (χ1) is 11.2. The van der Waals surface area contributed by atoms with Crippen molar-refractivity contribution >= 4 is 28.6 Å². The summed E-state index contributed by atoms with van der Waals surface area (Å²) in [5, 5.41) is 2.71.